The lowest BCUT2D eigenvalue weighted by Crippen LogP contribution is -2.46. The molecule has 0 saturated carbocycles. The molecule has 0 radical (unpaired) electrons. The summed E-state index contributed by atoms with van der Waals surface area (Å²) in [5.41, 5.74) is 3.39. The SMILES string of the molecule is Cc1cccc2nc(CN3C[C@H](C)OC[C@@H]3C)cn12. The summed E-state index contributed by atoms with van der Waals surface area (Å²) >= 11 is 0. The summed E-state index contributed by atoms with van der Waals surface area (Å²) in [7, 11) is 0. The number of aryl methyl sites for hydroxylation is 1. The standard InChI is InChI=1S/C15H21N3O/c1-11-5-4-6-15-16-14(9-18(11)15)8-17-7-13(3)19-10-12(17)2/h4-6,9,12-13H,7-8,10H2,1-3H3/t12-,13-/m0/s1. The van der Waals surface area contributed by atoms with Gasteiger partial charge in [0, 0.05) is 31.0 Å². The third kappa shape index (κ3) is 2.51. The summed E-state index contributed by atoms with van der Waals surface area (Å²) in [4.78, 5) is 7.16. The van der Waals surface area contributed by atoms with E-state index in [2.05, 4.69) is 54.5 Å². The van der Waals surface area contributed by atoms with Gasteiger partial charge in [0.15, 0.2) is 0 Å². The monoisotopic (exact) mass is 259 g/mol. The molecular formula is C15H21N3O. The lowest BCUT2D eigenvalue weighted by atomic mass is 10.2. The molecule has 2 aromatic heterocycles. The molecule has 0 bridgehead atoms. The van der Waals surface area contributed by atoms with Gasteiger partial charge in [-0.1, -0.05) is 6.07 Å². The molecule has 19 heavy (non-hydrogen) atoms. The number of rotatable bonds is 2. The van der Waals surface area contributed by atoms with Gasteiger partial charge in [0.1, 0.15) is 5.65 Å². The van der Waals surface area contributed by atoms with Gasteiger partial charge in [0.25, 0.3) is 0 Å². The van der Waals surface area contributed by atoms with Gasteiger partial charge < -0.3 is 9.14 Å². The van der Waals surface area contributed by atoms with Crippen LogP contribution in [0.2, 0.25) is 0 Å². The Morgan fingerprint density at radius 1 is 1.37 bits per heavy atom. The fourth-order valence-corrected chi connectivity index (χ4v) is 2.68. The number of imidazole rings is 1. The maximum Gasteiger partial charge on any atom is 0.137 e. The van der Waals surface area contributed by atoms with Gasteiger partial charge in [0.05, 0.1) is 18.4 Å². The fraction of sp³-hybridized carbons (Fsp3) is 0.533. The van der Waals surface area contributed by atoms with E-state index in [0.29, 0.717) is 12.1 Å². The van der Waals surface area contributed by atoms with Crippen LogP contribution < -0.4 is 0 Å². The zero-order chi connectivity index (χ0) is 13.4. The van der Waals surface area contributed by atoms with Crippen LogP contribution in [0.25, 0.3) is 5.65 Å². The molecule has 4 heteroatoms. The zero-order valence-corrected chi connectivity index (χ0v) is 11.8. The van der Waals surface area contributed by atoms with Crippen LogP contribution in [0.15, 0.2) is 24.4 Å². The number of ether oxygens (including phenoxy) is 1. The van der Waals surface area contributed by atoms with Gasteiger partial charge in [0.2, 0.25) is 0 Å². The molecule has 3 heterocycles. The highest BCUT2D eigenvalue weighted by atomic mass is 16.5. The summed E-state index contributed by atoms with van der Waals surface area (Å²) in [6.07, 6.45) is 2.47. The first kappa shape index (κ1) is 12.6. The van der Waals surface area contributed by atoms with Crippen molar-refractivity contribution in [3.05, 3.63) is 35.8 Å². The Hall–Kier alpha value is -1.39. The Labute approximate surface area is 114 Å². The third-order valence-corrected chi connectivity index (χ3v) is 3.85. The number of morpholine rings is 1. The minimum atomic E-state index is 0.315. The van der Waals surface area contributed by atoms with Gasteiger partial charge in [-0.3, -0.25) is 4.90 Å². The number of hydrogen-bond donors (Lipinski definition) is 0. The molecular weight excluding hydrogens is 238 g/mol. The van der Waals surface area contributed by atoms with E-state index in [1.54, 1.807) is 0 Å². The Morgan fingerprint density at radius 3 is 3.00 bits per heavy atom. The smallest absolute Gasteiger partial charge is 0.137 e. The molecule has 1 saturated heterocycles. The second-order valence-corrected chi connectivity index (χ2v) is 5.55. The fourth-order valence-electron chi connectivity index (χ4n) is 2.68. The molecule has 2 atom stereocenters. The first-order valence-electron chi connectivity index (χ1n) is 6.93. The number of nitrogens with zero attached hydrogens (tertiary/aromatic N) is 3. The van der Waals surface area contributed by atoms with Gasteiger partial charge in [-0.2, -0.15) is 0 Å². The maximum atomic E-state index is 5.67. The van der Waals surface area contributed by atoms with Crippen molar-refractivity contribution in [3.8, 4) is 0 Å². The highest BCUT2D eigenvalue weighted by molar-refractivity contribution is 5.41. The van der Waals surface area contributed by atoms with E-state index in [0.717, 1.165) is 31.0 Å². The van der Waals surface area contributed by atoms with Crippen LogP contribution in [0.3, 0.4) is 0 Å². The van der Waals surface area contributed by atoms with Crippen molar-refractivity contribution in [2.75, 3.05) is 13.2 Å². The molecule has 0 unspecified atom stereocenters. The third-order valence-electron chi connectivity index (χ3n) is 3.85. The second kappa shape index (κ2) is 4.94. The Morgan fingerprint density at radius 2 is 2.21 bits per heavy atom. The topological polar surface area (TPSA) is 29.8 Å². The summed E-state index contributed by atoms with van der Waals surface area (Å²) in [6.45, 7) is 9.15. The van der Waals surface area contributed by atoms with Crippen molar-refractivity contribution < 1.29 is 4.74 Å². The molecule has 2 aromatic rings. The lowest BCUT2D eigenvalue weighted by Gasteiger charge is -2.36. The van der Waals surface area contributed by atoms with Crippen molar-refractivity contribution >= 4 is 5.65 Å². The molecule has 3 rings (SSSR count). The Balaban J connectivity index is 1.83. The van der Waals surface area contributed by atoms with Gasteiger partial charge >= 0.3 is 0 Å². The molecule has 4 nitrogen and oxygen atoms in total. The molecule has 1 aliphatic rings. The molecule has 0 aromatic carbocycles. The highest BCUT2D eigenvalue weighted by Gasteiger charge is 2.24. The van der Waals surface area contributed by atoms with E-state index in [4.69, 9.17) is 9.72 Å². The van der Waals surface area contributed by atoms with Crippen LogP contribution in [-0.4, -0.2) is 39.6 Å². The quantitative estimate of drug-likeness (QED) is 0.828. The number of fused-ring (bicyclic) bond motifs is 1. The maximum absolute atomic E-state index is 5.67. The first-order valence-corrected chi connectivity index (χ1v) is 6.93. The van der Waals surface area contributed by atoms with Crippen molar-refractivity contribution in [2.24, 2.45) is 0 Å². The highest BCUT2D eigenvalue weighted by Crippen LogP contribution is 2.16. The average molecular weight is 259 g/mol. The average Bonchev–Trinajstić information content (AvgIpc) is 2.78. The molecule has 0 spiro atoms. The lowest BCUT2D eigenvalue weighted by molar-refractivity contribution is -0.0530. The normalized spacial score (nSPS) is 25.0. The largest absolute Gasteiger partial charge is 0.376 e. The van der Waals surface area contributed by atoms with E-state index < -0.39 is 0 Å². The summed E-state index contributed by atoms with van der Waals surface area (Å²) < 4.78 is 7.83. The predicted molar refractivity (Wildman–Crippen MR) is 75.2 cm³/mol. The Bertz CT molecular complexity index is 578. The molecule has 102 valence electrons. The van der Waals surface area contributed by atoms with E-state index in [-0.39, 0.29) is 0 Å². The van der Waals surface area contributed by atoms with Crippen LogP contribution >= 0.6 is 0 Å². The number of pyridine rings is 1. The van der Waals surface area contributed by atoms with Crippen molar-refractivity contribution in [2.45, 2.75) is 39.5 Å². The molecule has 1 aliphatic heterocycles. The molecule has 1 fully saturated rings. The number of aromatic nitrogens is 2. The van der Waals surface area contributed by atoms with Crippen LogP contribution in [0.1, 0.15) is 25.2 Å². The zero-order valence-electron chi connectivity index (χ0n) is 11.8. The van der Waals surface area contributed by atoms with Crippen molar-refractivity contribution in [1.82, 2.24) is 14.3 Å². The van der Waals surface area contributed by atoms with Crippen LogP contribution in [0, 0.1) is 6.92 Å². The van der Waals surface area contributed by atoms with Crippen LogP contribution in [-0.2, 0) is 11.3 Å². The minimum Gasteiger partial charge on any atom is -0.376 e. The van der Waals surface area contributed by atoms with Crippen LogP contribution in [0.4, 0.5) is 0 Å². The second-order valence-electron chi connectivity index (χ2n) is 5.55. The first-order chi connectivity index (χ1) is 9.13. The number of hydrogen-bond acceptors (Lipinski definition) is 3. The Kier molecular flexibility index (Phi) is 3.29. The molecule has 0 N–H and O–H groups in total. The minimum absolute atomic E-state index is 0.315. The van der Waals surface area contributed by atoms with Gasteiger partial charge in [-0.25, -0.2) is 4.98 Å². The van der Waals surface area contributed by atoms with E-state index in [1.165, 1.54) is 5.69 Å². The van der Waals surface area contributed by atoms with Crippen LogP contribution in [0.5, 0.6) is 0 Å². The van der Waals surface area contributed by atoms with E-state index in [1.807, 2.05) is 0 Å². The van der Waals surface area contributed by atoms with Gasteiger partial charge in [-0.15, -0.1) is 0 Å². The van der Waals surface area contributed by atoms with Crippen molar-refractivity contribution in [3.63, 3.8) is 0 Å². The summed E-state index contributed by atoms with van der Waals surface area (Å²) in [6, 6.07) is 6.68. The van der Waals surface area contributed by atoms with Gasteiger partial charge in [-0.05, 0) is 32.9 Å². The summed E-state index contributed by atoms with van der Waals surface area (Å²) in [5.74, 6) is 0. The van der Waals surface area contributed by atoms with E-state index in [9.17, 15) is 0 Å². The van der Waals surface area contributed by atoms with Crippen molar-refractivity contribution in [1.29, 1.82) is 0 Å². The predicted octanol–water partition coefficient (Wildman–Crippen LogP) is 2.25. The van der Waals surface area contributed by atoms with E-state index >= 15 is 0 Å². The molecule has 0 amide bonds. The summed E-state index contributed by atoms with van der Waals surface area (Å²) in [5, 5.41) is 0. The molecule has 0 aliphatic carbocycles.